The topological polar surface area (TPSA) is 103 Å². The summed E-state index contributed by atoms with van der Waals surface area (Å²) < 4.78 is 36.2. The maximum absolute atomic E-state index is 13.4. The molecule has 0 atom stereocenters. The fourth-order valence-corrected chi connectivity index (χ4v) is 4.22. The molecule has 1 aromatic heterocycles. The fraction of sp³-hybridized carbons (Fsp3) is 0.167. The number of rotatable bonds is 9. The van der Waals surface area contributed by atoms with Crippen LogP contribution < -0.4 is 10.5 Å². The Morgan fingerprint density at radius 2 is 1.74 bits per heavy atom. The van der Waals surface area contributed by atoms with E-state index in [2.05, 4.69) is 15.5 Å². The van der Waals surface area contributed by atoms with Crippen molar-refractivity contribution in [2.45, 2.75) is 24.4 Å². The Balaban J connectivity index is 1.45. The van der Waals surface area contributed by atoms with Gasteiger partial charge in [0, 0.05) is 17.1 Å². The van der Waals surface area contributed by atoms with Crippen molar-refractivity contribution in [3.05, 3.63) is 100 Å². The smallest absolute Gasteiger partial charge is 0.238 e. The third-order valence-corrected chi connectivity index (χ3v) is 6.51. The average Bonchev–Trinajstić information content (AvgIpc) is 3.21. The number of benzene rings is 3. The second-order valence-electron chi connectivity index (χ2n) is 7.74. The predicted octanol–water partition coefficient (Wildman–Crippen LogP) is 3.77. The largest absolute Gasteiger partial charge is 0.311 e. The lowest BCUT2D eigenvalue weighted by Gasteiger charge is -2.06. The highest BCUT2D eigenvalue weighted by Crippen LogP contribution is 2.22. The van der Waals surface area contributed by atoms with Crippen LogP contribution in [0.1, 0.15) is 16.8 Å². The number of hydrogen-bond acceptors (Lipinski definition) is 5. The number of primary sulfonamides is 1. The van der Waals surface area contributed by atoms with Crippen LogP contribution in [-0.4, -0.2) is 30.0 Å². The molecule has 34 heavy (non-hydrogen) atoms. The second-order valence-corrected chi connectivity index (χ2v) is 9.71. The number of halogens is 2. The van der Waals surface area contributed by atoms with Crippen LogP contribution in [0, 0.1) is 5.82 Å². The molecule has 0 amide bonds. The van der Waals surface area contributed by atoms with Crippen molar-refractivity contribution in [3.8, 4) is 11.3 Å². The molecule has 0 radical (unpaired) electrons. The number of hydrogen-bond donors (Lipinski definition) is 2. The van der Waals surface area contributed by atoms with Crippen molar-refractivity contribution < 1.29 is 12.8 Å². The van der Waals surface area contributed by atoms with Crippen molar-refractivity contribution in [1.82, 2.24) is 20.3 Å². The number of nitrogens with one attached hydrogen (secondary N) is 1. The lowest BCUT2D eigenvalue weighted by Crippen LogP contribution is -2.18. The molecular formula is C24H23ClFN5O2S. The molecule has 4 rings (SSSR count). The van der Waals surface area contributed by atoms with Gasteiger partial charge in [0.05, 0.1) is 11.4 Å². The van der Waals surface area contributed by atoms with E-state index in [1.54, 1.807) is 23.0 Å². The van der Waals surface area contributed by atoms with Crippen molar-refractivity contribution >= 4 is 21.6 Å². The summed E-state index contributed by atoms with van der Waals surface area (Å²) in [4.78, 5) is 1.65. The van der Waals surface area contributed by atoms with E-state index in [9.17, 15) is 12.8 Å². The van der Waals surface area contributed by atoms with E-state index in [1.165, 1.54) is 24.3 Å². The van der Waals surface area contributed by atoms with Crippen molar-refractivity contribution in [2.75, 3.05) is 6.54 Å². The van der Waals surface area contributed by atoms with Gasteiger partial charge in [-0.2, -0.15) is 15.0 Å². The highest BCUT2D eigenvalue weighted by atomic mass is 35.5. The number of nitrogens with two attached hydrogens (primary N) is 1. The molecular weight excluding hydrogens is 477 g/mol. The summed E-state index contributed by atoms with van der Waals surface area (Å²) >= 11 is 6.18. The van der Waals surface area contributed by atoms with E-state index in [0.29, 0.717) is 31.1 Å². The fourth-order valence-electron chi connectivity index (χ4n) is 3.48. The van der Waals surface area contributed by atoms with Crippen LogP contribution in [0.25, 0.3) is 11.3 Å². The molecule has 0 bridgehead atoms. The summed E-state index contributed by atoms with van der Waals surface area (Å²) in [6.45, 7) is 1.45. The Bertz CT molecular complexity index is 1380. The van der Waals surface area contributed by atoms with Gasteiger partial charge in [0.15, 0.2) is 0 Å². The van der Waals surface area contributed by atoms with Crippen LogP contribution in [0.5, 0.6) is 0 Å². The van der Waals surface area contributed by atoms with Gasteiger partial charge in [-0.25, -0.2) is 17.9 Å². The molecule has 3 aromatic carbocycles. The monoisotopic (exact) mass is 499 g/mol. The van der Waals surface area contributed by atoms with E-state index in [0.717, 1.165) is 28.1 Å². The van der Waals surface area contributed by atoms with Gasteiger partial charge < -0.3 is 5.32 Å². The van der Waals surface area contributed by atoms with Gasteiger partial charge in [0.25, 0.3) is 0 Å². The predicted molar refractivity (Wildman–Crippen MR) is 129 cm³/mol. The first-order chi connectivity index (χ1) is 16.3. The Hall–Kier alpha value is -3.11. The van der Waals surface area contributed by atoms with E-state index in [1.807, 2.05) is 30.3 Å². The molecule has 0 fully saturated rings. The molecule has 0 saturated heterocycles. The Morgan fingerprint density at radius 3 is 2.41 bits per heavy atom. The van der Waals surface area contributed by atoms with Gasteiger partial charge in [-0.3, -0.25) is 0 Å². The molecule has 7 nitrogen and oxygen atoms in total. The van der Waals surface area contributed by atoms with Crippen molar-refractivity contribution in [2.24, 2.45) is 5.14 Å². The maximum Gasteiger partial charge on any atom is 0.238 e. The van der Waals surface area contributed by atoms with Gasteiger partial charge in [-0.05, 0) is 48.4 Å². The molecule has 0 spiro atoms. The van der Waals surface area contributed by atoms with E-state index in [4.69, 9.17) is 16.7 Å². The Kier molecular flexibility index (Phi) is 7.38. The normalized spacial score (nSPS) is 11.6. The molecule has 0 aliphatic carbocycles. The van der Waals surface area contributed by atoms with Crippen LogP contribution in [0.4, 0.5) is 4.39 Å². The molecule has 0 aliphatic heterocycles. The first kappa shape index (κ1) is 24.0. The quantitative estimate of drug-likeness (QED) is 0.341. The summed E-state index contributed by atoms with van der Waals surface area (Å²) in [5, 5.41) is 18.1. The summed E-state index contributed by atoms with van der Waals surface area (Å²) in [6.07, 6.45) is 0.699. The average molecular weight is 500 g/mol. The minimum atomic E-state index is -3.70. The first-order valence-electron chi connectivity index (χ1n) is 10.6. The zero-order chi connectivity index (χ0) is 24.1. The lowest BCUT2D eigenvalue weighted by molar-refractivity contribution is 0.574. The molecule has 1 heterocycles. The lowest BCUT2D eigenvalue weighted by atomic mass is 10.1. The zero-order valence-corrected chi connectivity index (χ0v) is 19.7. The van der Waals surface area contributed by atoms with E-state index >= 15 is 0 Å². The number of sulfonamides is 1. The highest BCUT2D eigenvalue weighted by molar-refractivity contribution is 7.89. The third kappa shape index (κ3) is 6.06. The molecule has 0 aliphatic rings. The molecule has 10 heteroatoms. The zero-order valence-electron chi connectivity index (χ0n) is 18.2. The van der Waals surface area contributed by atoms with Gasteiger partial charge in [-0.1, -0.05) is 60.1 Å². The summed E-state index contributed by atoms with van der Waals surface area (Å²) in [5.74, 6) is -0.392. The standard InChI is InChI=1S/C24H23ClFN5O2S/c25-22-14-20(26)9-8-19(22)16-31-29-23(24(30-31)18-4-2-1-3-5-18)15-28-13-12-17-6-10-21(11-7-17)34(27,32)33/h1-11,14,28H,12-13,15-16H2,(H2,27,32,33). The van der Waals surface area contributed by atoms with Crippen LogP contribution in [0.15, 0.2) is 77.7 Å². The van der Waals surface area contributed by atoms with Crippen molar-refractivity contribution in [3.63, 3.8) is 0 Å². The molecule has 0 unspecified atom stereocenters. The SMILES string of the molecule is NS(=O)(=O)c1ccc(CCNCc2nn(Cc3ccc(F)cc3Cl)nc2-c2ccccc2)cc1. The Morgan fingerprint density at radius 1 is 1.00 bits per heavy atom. The molecule has 3 N–H and O–H groups in total. The van der Waals surface area contributed by atoms with Crippen molar-refractivity contribution in [1.29, 1.82) is 0 Å². The van der Waals surface area contributed by atoms with Gasteiger partial charge in [-0.15, -0.1) is 0 Å². The van der Waals surface area contributed by atoms with Gasteiger partial charge >= 0.3 is 0 Å². The second kappa shape index (κ2) is 10.4. The summed E-state index contributed by atoms with van der Waals surface area (Å²) in [5.41, 5.74) is 4.17. The van der Waals surface area contributed by atoms with Crippen LogP contribution in [0.3, 0.4) is 0 Å². The third-order valence-electron chi connectivity index (χ3n) is 5.23. The highest BCUT2D eigenvalue weighted by Gasteiger charge is 2.14. The summed E-state index contributed by atoms with van der Waals surface area (Å²) in [7, 11) is -3.70. The van der Waals surface area contributed by atoms with E-state index < -0.39 is 15.8 Å². The summed E-state index contributed by atoms with van der Waals surface area (Å²) in [6, 6.07) is 20.5. The van der Waals surface area contributed by atoms with Crippen LogP contribution in [0.2, 0.25) is 5.02 Å². The number of aromatic nitrogens is 3. The molecule has 176 valence electrons. The van der Waals surface area contributed by atoms with E-state index in [-0.39, 0.29) is 4.90 Å². The first-order valence-corrected chi connectivity index (χ1v) is 12.5. The van der Waals surface area contributed by atoms with Gasteiger partial charge in [0.1, 0.15) is 17.2 Å². The maximum atomic E-state index is 13.4. The minimum absolute atomic E-state index is 0.0922. The van der Waals surface area contributed by atoms with Gasteiger partial charge in [0.2, 0.25) is 10.0 Å². The van der Waals surface area contributed by atoms with Crippen LogP contribution in [-0.2, 0) is 29.5 Å². The molecule has 4 aromatic rings. The minimum Gasteiger partial charge on any atom is -0.311 e. The molecule has 0 saturated carbocycles. The van der Waals surface area contributed by atoms with Crippen LogP contribution >= 0.6 is 11.6 Å². The number of nitrogens with zero attached hydrogens (tertiary/aromatic N) is 3. The Labute approximate surface area is 202 Å².